The SMILES string of the molecule is CCCNC1CCNC1. The Morgan fingerprint density at radius 2 is 2.56 bits per heavy atom. The van der Waals surface area contributed by atoms with Gasteiger partial charge in [-0.3, -0.25) is 0 Å². The van der Waals surface area contributed by atoms with Crippen molar-refractivity contribution in [2.24, 2.45) is 0 Å². The minimum absolute atomic E-state index is 0.755. The molecule has 0 aromatic carbocycles. The molecule has 1 aliphatic rings. The summed E-state index contributed by atoms with van der Waals surface area (Å²) in [5.41, 5.74) is 0. The van der Waals surface area contributed by atoms with E-state index in [0.717, 1.165) is 6.04 Å². The van der Waals surface area contributed by atoms with E-state index in [0.29, 0.717) is 0 Å². The van der Waals surface area contributed by atoms with Gasteiger partial charge in [-0.05, 0) is 25.9 Å². The fourth-order valence-corrected chi connectivity index (χ4v) is 1.18. The van der Waals surface area contributed by atoms with Crippen LogP contribution in [-0.2, 0) is 0 Å². The van der Waals surface area contributed by atoms with Gasteiger partial charge >= 0.3 is 0 Å². The van der Waals surface area contributed by atoms with Crippen molar-refractivity contribution >= 4 is 0 Å². The first-order chi connectivity index (χ1) is 4.43. The second kappa shape index (κ2) is 3.85. The molecule has 0 aliphatic carbocycles. The van der Waals surface area contributed by atoms with Crippen LogP contribution in [0, 0.1) is 0 Å². The van der Waals surface area contributed by atoms with Gasteiger partial charge in [0.2, 0.25) is 0 Å². The largest absolute Gasteiger partial charge is 0.315 e. The van der Waals surface area contributed by atoms with Gasteiger partial charge in [0.15, 0.2) is 0 Å². The Balaban J connectivity index is 1.98. The summed E-state index contributed by atoms with van der Waals surface area (Å²) in [7, 11) is 0. The molecular weight excluding hydrogens is 112 g/mol. The summed E-state index contributed by atoms with van der Waals surface area (Å²) in [5, 5.41) is 6.79. The van der Waals surface area contributed by atoms with Crippen molar-refractivity contribution < 1.29 is 0 Å². The Hall–Kier alpha value is -0.0800. The first-order valence-corrected chi connectivity index (χ1v) is 3.87. The molecule has 2 nitrogen and oxygen atoms in total. The van der Waals surface area contributed by atoms with Gasteiger partial charge in [0.25, 0.3) is 0 Å². The van der Waals surface area contributed by atoms with E-state index in [4.69, 9.17) is 0 Å². The van der Waals surface area contributed by atoms with Crippen molar-refractivity contribution in [3.63, 3.8) is 0 Å². The second-order valence-corrected chi connectivity index (χ2v) is 2.64. The highest BCUT2D eigenvalue weighted by molar-refractivity contribution is 4.76. The van der Waals surface area contributed by atoms with Crippen molar-refractivity contribution in [1.29, 1.82) is 0 Å². The van der Waals surface area contributed by atoms with Gasteiger partial charge in [0.05, 0.1) is 0 Å². The quantitative estimate of drug-likeness (QED) is 0.573. The molecule has 0 aromatic rings. The van der Waals surface area contributed by atoms with Crippen LogP contribution in [0.25, 0.3) is 0 Å². The summed E-state index contributed by atoms with van der Waals surface area (Å²) in [6, 6.07) is 0.755. The molecule has 1 heterocycles. The van der Waals surface area contributed by atoms with Crippen molar-refractivity contribution in [3.05, 3.63) is 0 Å². The summed E-state index contributed by atoms with van der Waals surface area (Å²) in [6.45, 7) is 5.74. The van der Waals surface area contributed by atoms with E-state index in [1.54, 1.807) is 0 Å². The van der Waals surface area contributed by atoms with Crippen LogP contribution in [0.15, 0.2) is 0 Å². The molecule has 0 aromatic heterocycles. The molecule has 9 heavy (non-hydrogen) atoms. The molecule has 1 unspecified atom stereocenters. The number of nitrogens with one attached hydrogen (secondary N) is 2. The van der Waals surface area contributed by atoms with E-state index < -0.39 is 0 Å². The van der Waals surface area contributed by atoms with Crippen LogP contribution in [0.3, 0.4) is 0 Å². The van der Waals surface area contributed by atoms with Crippen LogP contribution in [-0.4, -0.2) is 25.7 Å². The van der Waals surface area contributed by atoms with Gasteiger partial charge in [-0.2, -0.15) is 0 Å². The van der Waals surface area contributed by atoms with Crippen LogP contribution >= 0.6 is 0 Å². The molecule has 1 aliphatic heterocycles. The monoisotopic (exact) mass is 128 g/mol. The van der Waals surface area contributed by atoms with E-state index in [1.807, 2.05) is 0 Å². The first-order valence-electron chi connectivity index (χ1n) is 3.87. The summed E-state index contributed by atoms with van der Waals surface area (Å²) in [4.78, 5) is 0. The molecule has 1 saturated heterocycles. The molecule has 2 heteroatoms. The standard InChI is InChI=1S/C7H16N2/c1-2-4-9-7-3-5-8-6-7/h7-9H,2-6H2,1H3. The molecule has 0 spiro atoms. The van der Waals surface area contributed by atoms with Crippen molar-refractivity contribution in [1.82, 2.24) is 10.6 Å². The van der Waals surface area contributed by atoms with Gasteiger partial charge in [0.1, 0.15) is 0 Å². The molecule has 0 radical (unpaired) electrons. The smallest absolute Gasteiger partial charge is 0.0204 e. The van der Waals surface area contributed by atoms with E-state index in [-0.39, 0.29) is 0 Å². The maximum Gasteiger partial charge on any atom is 0.0204 e. The van der Waals surface area contributed by atoms with Gasteiger partial charge in [-0.15, -0.1) is 0 Å². The highest BCUT2D eigenvalue weighted by Crippen LogP contribution is 1.95. The normalized spacial score (nSPS) is 27.0. The van der Waals surface area contributed by atoms with E-state index in [9.17, 15) is 0 Å². The lowest BCUT2D eigenvalue weighted by Gasteiger charge is -2.08. The Morgan fingerprint density at radius 3 is 3.11 bits per heavy atom. The summed E-state index contributed by atoms with van der Waals surface area (Å²) in [6.07, 6.45) is 2.55. The Morgan fingerprint density at radius 1 is 1.67 bits per heavy atom. The molecule has 0 saturated carbocycles. The minimum atomic E-state index is 0.755. The summed E-state index contributed by atoms with van der Waals surface area (Å²) < 4.78 is 0. The molecule has 0 amide bonds. The summed E-state index contributed by atoms with van der Waals surface area (Å²) >= 11 is 0. The van der Waals surface area contributed by atoms with Gasteiger partial charge in [-0.25, -0.2) is 0 Å². The zero-order chi connectivity index (χ0) is 6.53. The number of hydrogen-bond donors (Lipinski definition) is 2. The van der Waals surface area contributed by atoms with Crippen LogP contribution in [0.4, 0.5) is 0 Å². The van der Waals surface area contributed by atoms with Crippen molar-refractivity contribution in [2.75, 3.05) is 19.6 Å². The van der Waals surface area contributed by atoms with Crippen LogP contribution < -0.4 is 10.6 Å². The molecule has 1 atom stereocenters. The van der Waals surface area contributed by atoms with Gasteiger partial charge in [0, 0.05) is 12.6 Å². The average molecular weight is 128 g/mol. The van der Waals surface area contributed by atoms with Crippen LogP contribution in [0.1, 0.15) is 19.8 Å². The van der Waals surface area contributed by atoms with Crippen LogP contribution in [0.5, 0.6) is 0 Å². The second-order valence-electron chi connectivity index (χ2n) is 2.64. The molecule has 0 bridgehead atoms. The zero-order valence-electron chi connectivity index (χ0n) is 6.11. The Bertz CT molecular complexity index is 67.3. The number of rotatable bonds is 3. The summed E-state index contributed by atoms with van der Waals surface area (Å²) in [5.74, 6) is 0. The lowest BCUT2D eigenvalue weighted by atomic mass is 10.2. The third-order valence-corrected chi connectivity index (χ3v) is 1.74. The third kappa shape index (κ3) is 2.33. The molecule has 2 N–H and O–H groups in total. The Kier molecular flexibility index (Phi) is 3.01. The molecular formula is C7H16N2. The maximum absolute atomic E-state index is 3.47. The first kappa shape index (κ1) is 7.03. The van der Waals surface area contributed by atoms with E-state index >= 15 is 0 Å². The van der Waals surface area contributed by atoms with Crippen molar-refractivity contribution in [2.45, 2.75) is 25.8 Å². The highest BCUT2D eigenvalue weighted by atomic mass is 15.0. The number of hydrogen-bond acceptors (Lipinski definition) is 2. The lowest BCUT2D eigenvalue weighted by molar-refractivity contribution is 0.545. The topological polar surface area (TPSA) is 24.1 Å². The van der Waals surface area contributed by atoms with Gasteiger partial charge in [-0.1, -0.05) is 6.92 Å². The zero-order valence-corrected chi connectivity index (χ0v) is 6.11. The van der Waals surface area contributed by atoms with E-state index in [2.05, 4.69) is 17.6 Å². The predicted octanol–water partition coefficient (Wildman–Crippen LogP) is 0.348. The highest BCUT2D eigenvalue weighted by Gasteiger charge is 2.11. The predicted molar refractivity (Wildman–Crippen MR) is 39.6 cm³/mol. The minimum Gasteiger partial charge on any atom is -0.315 e. The van der Waals surface area contributed by atoms with Gasteiger partial charge < -0.3 is 10.6 Å². The Labute approximate surface area is 57.0 Å². The molecule has 1 fully saturated rings. The van der Waals surface area contributed by atoms with Crippen LogP contribution in [0.2, 0.25) is 0 Å². The molecule has 54 valence electrons. The fourth-order valence-electron chi connectivity index (χ4n) is 1.18. The molecule has 1 rings (SSSR count). The average Bonchev–Trinajstić information content (AvgIpc) is 2.34. The maximum atomic E-state index is 3.47. The lowest BCUT2D eigenvalue weighted by Crippen LogP contribution is -2.31. The third-order valence-electron chi connectivity index (χ3n) is 1.74. The fraction of sp³-hybridized carbons (Fsp3) is 1.00. The van der Waals surface area contributed by atoms with E-state index in [1.165, 1.54) is 32.5 Å². The van der Waals surface area contributed by atoms with Crippen molar-refractivity contribution in [3.8, 4) is 0 Å².